The molecule has 3 aliphatic heterocycles. The van der Waals surface area contributed by atoms with Gasteiger partial charge in [-0.05, 0) is 49.9 Å². The number of carbonyl (C=O) groups is 1. The molecule has 3 aliphatic rings. The fraction of sp³-hybridized carbons (Fsp3) is 0.419. The van der Waals surface area contributed by atoms with Crippen LogP contribution < -0.4 is 15.4 Å². The van der Waals surface area contributed by atoms with Crippen LogP contribution in [0, 0.1) is 18.2 Å². The van der Waals surface area contributed by atoms with Crippen LogP contribution in [-0.2, 0) is 4.79 Å². The number of ketones is 1. The maximum absolute atomic E-state index is 16.8. The number of Topliss-reactive ketones (excluding diaryl/α,β-unsaturated/α-hetero) is 1. The molecule has 5 heterocycles. The summed E-state index contributed by atoms with van der Waals surface area (Å²) in [4.78, 5) is 29.2. The summed E-state index contributed by atoms with van der Waals surface area (Å²) in [5.41, 5.74) is 5.63. The first kappa shape index (κ1) is 29.1. The number of rotatable bonds is 5. The molecule has 2 N–H and O–H groups in total. The Bertz CT molecular complexity index is 1880. The Morgan fingerprint density at radius 1 is 1.23 bits per heavy atom. The van der Waals surface area contributed by atoms with Crippen molar-refractivity contribution in [1.29, 1.82) is 0 Å². The number of hydrogen-bond donors (Lipinski definition) is 1. The van der Waals surface area contributed by atoms with E-state index in [2.05, 4.69) is 19.7 Å². The number of benzene rings is 2. The Labute approximate surface area is 260 Å². The minimum Gasteiger partial charge on any atom is -0.461 e. The molecule has 8 nitrogen and oxygen atoms in total. The fourth-order valence-electron chi connectivity index (χ4n) is 7.03. The lowest BCUT2D eigenvalue weighted by molar-refractivity contribution is -0.117. The summed E-state index contributed by atoms with van der Waals surface area (Å²) in [6, 6.07) is 4.01. The van der Waals surface area contributed by atoms with Crippen LogP contribution in [0.5, 0.6) is 6.01 Å². The van der Waals surface area contributed by atoms with Gasteiger partial charge in [0.15, 0.2) is 11.6 Å². The molecular formula is C31H28ClF3N6O2S. The van der Waals surface area contributed by atoms with Crippen LogP contribution in [0.1, 0.15) is 38.5 Å². The summed E-state index contributed by atoms with van der Waals surface area (Å²) in [6.45, 7) is 9.52. The van der Waals surface area contributed by atoms with Gasteiger partial charge in [0.25, 0.3) is 0 Å². The van der Waals surface area contributed by atoms with Crippen molar-refractivity contribution in [3.05, 3.63) is 46.3 Å². The van der Waals surface area contributed by atoms with Gasteiger partial charge in [0.05, 0.1) is 33.4 Å². The summed E-state index contributed by atoms with van der Waals surface area (Å²) in [5.74, 6) is -1.03. The smallest absolute Gasteiger partial charge is 0.319 e. The molecule has 0 unspecified atom stereocenters. The van der Waals surface area contributed by atoms with Crippen molar-refractivity contribution in [2.75, 3.05) is 43.4 Å². The van der Waals surface area contributed by atoms with Gasteiger partial charge in [-0.2, -0.15) is 9.97 Å². The third-order valence-corrected chi connectivity index (χ3v) is 10.4. The monoisotopic (exact) mass is 640 g/mol. The molecule has 3 fully saturated rings. The van der Waals surface area contributed by atoms with E-state index < -0.39 is 23.3 Å². The molecule has 44 heavy (non-hydrogen) atoms. The average Bonchev–Trinajstić information content (AvgIpc) is 3.57. The third kappa shape index (κ3) is 4.73. The highest BCUT2D eigenvalue weighted by Gasteiger charge is 2.49. The molecule has 3 saturated heterocycles. The van der Waals surface area contributed by atoms with Crippen molar-refractivity contribution in [2.45, 2.75) is 50.2 Å². The van der Waals surface area contributed by atoms with Crippen molar-refractivity contribution in [3.8, 4) is 17.1 Å². The Morgan fingerprint density at radius 3 is 2.89 bits per heavy atom. The second-order valence-electron chi connectivity index (χ2n) is 11.8. The maximum atomic E-state index is 16.8. The van der Waals surface area contributed by atoms with E-state index in [9.17, 15) is 13.6 Å². The van der Waals surface area contributed by atoms with Crippen molar-refractivity contribution >= 4 is 66.2 Å². The quantitative estimate of drug-likeness (QED) is 0.233. The number of carbonyl (C=O) groups excluding carboxylic acids is 1. The highest BCUT2D eigenvalue weighted by atomic mass is 35.5. The molecule has 4 aromatic rings. The predicted octanol–water partition coefficient (Wildman–Crippen LogP) is 7.09. The van der Waals surface area contributed by atoms with Gasteiger partial charge in [-0.15, -0.1) is 11.3 Å². The molecule has 0 saturated carbocycles. The molecule has 13 heteroatoms. The molecule has 2 atom stereocenters. The standard InChI is InChI=1S/C31H28ClF3N6O2S/c1-37-26-23-18(6-7-21(34)27(23)44-28(26)36)22-20(32)11-19-25(24(22)35)38-30(39-29(19)40-9-3-2-5-17(42)14-40)43-15-31-8-4-10-41(31)13-16(33)12-31/h6-7,11,16H,2-5,8-10,12-15,36H2/t16-,31+/m1/s1. The zero-order valence-electron chi connectivity index (χ0n) is 23.6. The Balaban J connectivity index is 1.40. The summed E-state index contributed by atoms with van der Waals surface area (Å²) in [7, 11) is 0. The second-order valence-corrected chi connectivity index (χ2v) is 13.2. The molecule has 0 aliphatic carbocycles. The number of nitrogen functional groups attached to an aromatic ring is 1. The average molecular weight is 641 g/mol. The molecule has 0 radical (unpaired) electrons. The minimum absolute atomic E-state index is 0.00343. The lowest BCUT2D eigenvalue weighted by Crippen LogP contribution is -2.43. The van der Waals surface area contributed by atoms with Gasteiger partial charge in [-0.3, -0.25) is 9.69 Å². The van der Waals surface area contributed by atoms with Crippen molar-refractivity contribution in [2.24, 2.45) is 0 Å². The molecule has 228 valence electrons. The van der Waals surface area contributed by atoms with Gasteiger partial charge < -0.3 is 15.4 Å². The maximum Gasteiger partial charge on any atom is 0.319 e. The van der Waals surface area contributed by atoms with E-state index in [4.69, 9.17) is 28.6 Å². The van der Waals surface area contributed by atoms with Crippen LogP contribution >= 0.6 is 22.9 Å². The van der Waals surface area contributed by atoms with Crippen molar-refractivity contribution < 1.29 is 22.7 Å². The summed E-state index contributed by atoms with van der Waals surface area (Å²) < 4.78 is 52.3. The fourth-order valence-corrected chi connectivity index (χ4v) is 8.26. The number of aromatic nitrogens is 2. The Hall–Kier alpha value is -3.66. The summed E-state index contributed by atoms with van der Waals surface area (Å²) >= 11 is 7.68. The first-order valence-corrected chi connectivity index (χ1v) is 15.7. The van der Waals surface area contributed by atoms with Gasteiger partial charge in [0.2, 0.25) is 5.69 Å². The topological polar surface area (TPSA) is 88.9 Å². The number of nitrogens with two attached hydrogens (primary N) is 1. The first-order valence-electron chi connectivity index (χ1n) is 14.6. The first-order chi connectivity index (χ1) is 21.2. The molecule has 2 aromatic carbocycles. The lowest BCUT2D eigenvalue weighted by Gasteiger charge is -2.31. The number of ether oxygens (including phenoxy) is 1. The lowest BCUT2D eigenvalue weighted by atomic mass is 9.95. The predicted molar refractivity (Wildman–Crippen MR) is 166 cm³/mol. The molecule has 0 amide bonds. The molecular weight excluding hydrogens is 613 g/mol. The van der Waals surface area contributed by atoms with Crippen LogP contribution in [0.15, 0.2) is 18.2 Å². The van der Waals surface area contributed by atoms with Gasteiger partial charge in [-0.25, -0.2) is 18.0 Å². The number of nitrogens with zero attached hydrogens (tertiary/aromatic N) is 5. The van der Waals surface area contributed by atoms with E-state index in [-0.39, 0.29) is 72.8 Å². The van der Waals surface area contributed by atoms with E-state index in [1.807, 2.05) is 0 Å². The Kier molecular flexibility index (Phi) is 7.30. The highest BCUT2D eigenvalue weighted by Crippen LogP contribution is 2.49. The number of thiophene rings is 1. The van der Waals surface area contributed by atoms with Crippen LogP contribution in [0.4, 0.5) is 29.7 Å². The van der Waals surface area contributed by atoms with Crippen LogP contribution in [0.2, 0.25) is 5.02 Å². The summed E-state index contributed by atoms with van der Waals surface area (Å²) in [5, 5.41) is 0.586. The normalized spacial score (nSPS) is 22.5. The minimum atomic E-state index is -0.948. The molecule has 0 spiro atoms. The highest BCUT2D eigenvalue weighted by molar-refractivity contribution is 7.23. The van der Waals surface area contributed by atoms with E-state index >= 15 is 4.39 Å². The van der Waals surface area contributed by atoms with Gasteiger partial charge in [-0.1, -0.05) is 17.7 Å². The number of fused-ring (bicyclic) bond motifs is 3. The van der Waals surface area contributed by atoms with Gasteiger partial charge in [0.1, 0.15) is 29.9 Å². The van der Waals surface area contributed by atoms with Crippen LogP contribution in [-0.4, -0.2) is 65.1 Å². The Morgan fingerprint density at radius 2 is 2.07 bits per heavy atom. The molecule has 2 aromatic heterocycles. The molecule has 0 bridgehead atoms. The van der Waals surface area contributed by atoms with Gasteiger partial charge >= 0.3 is 6.01 Å². The largest absolute Gasteiger partial charge is 0.461 e. The van der Waals surface area contributed by atoms with Crippen molar-refractivity contribution in [1.82, 2.24) is 14.9 Å². The number of alkyl halides is 1. The van der Waals surface area contributed by atoms with E-state index in [1.165, 1.54) is 18.2 Å². The van der Waals surface area contributed by atoms with Crippen LogP contribution in [0.25, 0.3) is 37.0 Å². The zero-order chi connectivity index (χ0) is 30.7. The SMILES string of the molecule is [C-]#[N+]c1c(N)sc2c(F)ccc(-c3c(Cl)cc4c(N5CCCCC(=O)C5)nc(OC[C@@]56CCCN5C[C@H](F)C6)nc4c3F)c12. The van der Waals surface area contributed by atoms with E-state index in [0.29, 0.717) is 31.7 Å². The van der Waals surface area contributed by atoms with Crippen LogP contribution in [0.3, 0.4) is 0 Å². The molecule has 7 rings (SSSR count). The van der Waals surface area contributed by atoms with E-state index in [0.717, 1.165) is 43.6 Å². The second kappa shape index (κ2) is 11.1. The van der Waals surface area contributed by atoms with Crippen molar-refractivity contribution in [3.63, 3.8) is 0 Å². The zero-order valence-corrected chi connectivity index (χ0v) is 25.2. The number of hydrogen-bond acceptors (Lipinski definition) is 8. The number of anilines is 2. The summed E-state index contributed by atoms with van der Waals surface area (Å²) in [6.07, 6.45) is 3.02. The third-order valence-electron chi connectivity index (χ3n) is 9.05. The van der Waals surface area contributed by atoms with E-state index in [1.54, 1.807) is 4.90 Å². The van der Waals surface area contributed by atoms with Gasteiger partial charge in [0, 0.05) is 42.3 Å². The number of halogens is 4.